The van der Waals surface area contributed by atoms with Gasteiger partial charge in [-0.25, -0.2) is 4.39 Å². The number of nitrogens with one attached hydrogen (secondary N) is 2. The van der Waals surface area contributed by atoms with Gasteiger partial charge in [0.2, 0.25) is 0 Å². The number of halogens is 3. The minimum Gasteiger partial charge on any atom is -0.354 e. The predicted molar refractivity (Wildman–Crippen MR) is 122 cm³/mol. The van der Waals surface area contributed by atoms with E-state index < -0.39 is 0 Å². The van der Waals surface area contributed by atoms with Gasteiger partial charge in [0, 0.05) is 48.7 Å². The maximum atomic E-state index is 14.1. The molecule has 1 saturated carbocycles. The molecular weight excluding hydrogens is 478 g/mol. The minimum atomic E-state index is -0.214. The normalized spacial score (nSPS) is 23.6. The standard InChI is InChI=1S/C20H30ClFN4.HI/c1-3-4-10-26-11-8-14(9-12-26)24-20(23-2)25-18-13-15(18)19-16(21)6-5-7-17(19)22;/h5-7,14-15,18H,3-4,8-13H2,1-2H3,(H2,23,24,25);1H. The van der Waals surface area contributed by atoms with Gasteiger partial charge in [-0.3, -0.25) is 4.99 Å². The topological polar surface area (TPSA) is 39.7 Å². The van der Waals surface area contributed by atoms with Gasteiger partial charge in [-0.15, -0.1) is 24.0 Å². The smallest absolute Gasteiger partial charge is 0.191 e. The molecule has 2 unspecified atom stereocenters. The lowest BCUT2D eigenvalue weighted by molar-refractivity contribution is 0.203. The van der Waals surface area contributed by atoms with Gasteiger partial charge in [-0.1, -0.05) is 31.0 Å². The van der Waals surface area contributed by atoms with Gasteiger partial charge in [-0.05, 0) is 44.4 Å². The Morgan fingerprint density at radius 2 is 2.04 bits per heavy atom. The molecule has 0 amide bonds. The zero-order valence-corrected chi connectivity index (χ0v) is 19.3. The molecule has 0 bridgehead atoms. The summed E-state index contributed by atoms with van der Waals surface area (Å²) in [6, 6.07) is 5.54. The molecule has 1 aromatic rings. The number of hydrogen-bond acceptors (Lipinski definition) is 2. The molecular formula is C20H31ClFIN4. The number of piperidine rings is 1. The first-order valence-corrected chi connectivity index (χ1v) is 10.2. The van der Waals surface area contributed by atoms with E-state index in [0.717, 1.165) is 38.3 Å². The SMILES string of the molecule is CCCCN1CCC(NC(=NC)NC2CC2c2c(F)cccc2Cl)CC1.I. The zero-order valence-electron chi connectivity index (χ0n) is 16.2. The van der Waals surface area contributed by atoms with Crippen molar-refractivity contribution >= 4 is 41.5 Å². The van der Waals surface area contributed by atoms with Crippen LogP contribution in [0.4, 0.5) is 4.39 Å². The molecule has 1 aliphatic carbocycles. The molecule has 2 atom stereocenters. The lowest BCUT2D eigenvalue weighted by Crippen LogP contribution is -2.49. The fourth-order valence-corrected chi connectivity index (χ4v) is 4.06. The molecule has 1 heterocycles. The number of unbranched alkanes of at least 4 members (excludes halogenated alkanes) is 1. The summed E-state index contributed by atoms with van der Waals surface area (Å²) in [6.07, 6.45) is 5.69. The summed E-state index contributed by atoms with van der Waals surface area (Å²) in [6.45, 7) is 5.74. The van der Waals surface area contributed by atoms with Crippen molar-refractivity contribution in [2.24, 2.45) is 4.99 Å². The second kappa shape index (κ2) is 10.8. The highest BCUT2D eigenvalue weighted by Crippen LogP contribution is 2.44. The van der Waals surface area contributed by atoms with Gasteiger partial charge in [0.05, 0.1) is 0 Å². The molecule has 4 nitrogen and oxygen atoms in total. The van der Waals surface area contributed by atoms with Crippen LogP contribution in [0.25, 0.3) is 0 Å². The molecule has 152 valence electrons. The van der Waals surface area contributed by atoms with Crippen LogP contribution in [0.2, 0.25) is 5.02 Å². The van der Waals surface area contributed by atoms with Crippen LogP contribution in [0.15, 0.2) is 23.2 Å². The summed E-state index contributed by atoms with van der Waals surface area (Å²) >= 11 is 6.19. The lowest BCUT2D eigenvalue weighted by Gasteiger charge is -2.33. The highest BCUT2D eigenvalue weighted by Gasteiger charge is 2.42. The Morgan fingerprint density at radius 3 is 2.67 bits per heavy atom. The summed E-state index contributed by atoms with van der Waals surface area (Å²) in [5.41, 5.74) is 0.631. The molecule has 0 radical (unpaired) electrons. The van der Waals surface area contributed by atoms with E-state index in [1.807, 2.05) is 0 Å². The molecule has 0 aromatic heterocycles. The van der Waals surface area contributed by atoms with Crippen LogP contribution >= 0.6 is 35.6 Å². The van der Waals surface area contributed by atoms with E-state index in [4.69, 9.17) is 11.6 Å². The van der Waals surface area contributed by atoms with E-state index in [1.165, 1.54) is 25.5 Å². The maximum Gasteiger partial charge on any atom is 0.191 e. The largest absolute Gasteiger partial charge is 0.354 e. The molecule has 1 aliphatic heterocycles. The van der Waals surface area contributed by atoms with Crippen molar-refractivity contribution in [2.75, 3.05) is 26.7 Å². The Balaban J connectivity index is 0.00000261. The van der Waals surface area contributed by atoms with Crippen molar-refractivity contribution in [2.45, 2.75) is 57.0 Å². The third-order valence-electron chi connectivity index (χ3n) is 5.46. The van der Waals surface area contributed by atoms with Crippen molar-refractivity contribution < 1.29 is 4.39 Å². The number of rotatable bonds is 6. The summed E-state index contributed by atoms with van der Waals surface area (Å²) in [5, 5.41) is 7.49. The number of aliphatic imine (C=N–C) groups is 1. The summed E-state index contributed by atoms with van der Waals surface area (Å²) in [4.78, 5) is 6.91. The first kappa shape index (κ1) is 22.7. The first-order chi connectivity index (χ1) is 12.6. The Morgan fingerprint density at radius 1 is 1.30 bits per heavy atom. The maximum absolute atomic E-state index is 14.1. The van der Waals surface area contributed by atoms with Crippen LogP contribution in [-0.4, -0.2) is 49.6 Å². The monoisotopic (exact) mass is 508 g/mol. The van der Waals surface area contributed by atoms with E-state index in [9.17, 15) is 4.39 Å². The van der Waals surface area contributed by atoms with Crippen molar-refractivity contribution in [3.63, 3.8) is 0 Å². The first-order valence-electron chi connectivity index (χ1n) is 9.78. The van der Waals surface area contributed by atoms with Crippen LogP contribution in [0.3, 0.4) is 0 Å². The second-order valence-corrected chi connectivity index (χ2v) is 7.82. The van der Waals surface area contributed by atoms with Gasteiger partial charge >= 0.3 is 0 Å². The average Bonchev–Trinajstić information content (AvgIpc) is 3.39. The highest BCUT2D eigenvalue weighted by atomic mass is 127. The van der Waals surface area contributed by atoms with Gasteiger partial charge in [-0.2, -0.15) is 0 Å². The fraction of sp³-hybridized carbons (Fsp3) is 0.650. The zero-order chi connectivity index (χ0) is 18.5. The molecule has 2 fully saturated rings. The molecule has 2 aliphatic rings. The van der Waals surface area contributed by atoms with Crippen LogP contribution in [0, 0.1) is 5.82 Å². The highest BCUT2D eigenvalue weighted by molar-refractivity contribution is 14.0. The molecule has 2 N–H and O–H groups in total. The van der Waals surface area contributed by atoms with E-state index in [0.29, 0.717) is 16.6 Å². The van der Waals surface area contributed by atoms with E-state index in [-0.39, 0.29) is 41.8 Å². The molecule has 3 rings (SSSR count). The Bertz CT molecular complexity index is 614. The summed E-state index contributed by atoms with van der Waals surface area (Å²) in [7, 11) is 1.79. The van der Waals surface area contributed by atoms with E-state index in [1.54, 1.807) is 19.2 Å². The molecule has 7 heteroatoms. The number of benzene rings is 1. The minimum absolute atomic E-state index is 0. The van der Waals surface area contributed by atoms with E-state index >= 15 is 0 Å². The summed E-state index contributed by atoms with van der Waals surface area (Å²) in [5.74, 6) is 0.726. The molecule has 1 aromatic carbocycles. The van der Waals surface area contributed by atoms with Gasteiger partial charge in [0.1, 0.15) is 5.82 Å². The van der Waals surface area contributed by atoms with Crippen LogP contribution in [-0.2, 0) is 0 Å². The quantitative estimate of drug-likeness (QED) is 0.340. The number of nitrogens with zero attached hydrogens (tertiary/aromatic N) is 2. The molecule has 27 heavy (non-hydrogen) atoms. The van der Waals surface area contributed by atoms with Crippen LogP contribution < -0.4 is 10.6 Å². The number of guanidine groups is 1. The van der Waals surface area contributed by atoms with Crippen LogP contribution in [0.1, 0.15) is 50.5 Å². The van der Waals surface area contributed by atoms with E-state index in [2.05, 4.69) is 27.4 Å². The molecule has 1 saturated heterocycles. The van der Waals surface area contributed by atoms with Gasteiger partial charge in [0.25, 0.3) is 0 Å². The fourth-order valence-electron chi connectivity index (χ4n) is 3.76. The Labute approximate surface area is 184 Å². The van der Waals surface area contributed by atoms with Gasteiger partial charge < -0.3 is 15.5 Å². The van der Waals surface area contributed by atoms with Crippen molar-refractivity contribution in [1.82, 2.24) is 15.5 Å². The number of hydrogen-bond donors (Lipinski definition) is 2. The third-order valence-corrected chi connectivity index (χ3v) is 5.79. The van der Waals surface area contributed by atoms with Gasteiger partial charge in [0.15, 0.2) is 5.96 Å². The second-order valence-electron chi connectivity index (χ2n) is 7.41. The van der Waals surface area contributed by atoms with Crippen LogP contribution in [0.5, 0.6) is 0 Å². The predicted octanol–water partition coefficient (Wildman–Crippen LogP) is 4.38. The number of likely N-dealkylation sites (tertiary alicyclic amines) is 1. The van der Waals surface area contributed by atoms with Crippen molar-refractivity contribution in [1.29, 1.82) is 0 Å². The van der Waals surface area contributed by atoms with Crippen molar-refractivity contribution in [3.8, 4) is 0 Å². The summed E-state index contributed by atoms with van der Waals surface area (Å²) < 4.78 is 14.1. The Kier molecular flexibility index (Phi) is 9.08. The van der Waals surface area contributed by atoms with Crippen molar-refractivity contribution in [3.05, 3.63) is 34.6 Å². The molecule has 0 spiro atoms. The third kappa shape index (κ3) is 6.19. The Hall–Kier alpha value is -0.600. The average molecular weight is 509 g/mol. The lowest BCUT2D eigenvalue weighted by atomic mass is 10.0.